The van der Waals surface area contributed by atoms with E-state index in [-0.39, 0.29) is 5.76 Å². The summed E-state index contributed by atoms with van der Waals surface area (Å²) in [5.74, 6) is 0.0908. The number of aliphatic hydroxyl groups excluding tert-OH is 1. The van der Waals surface area contributed by atoms with Gasteiger partial charge in [0.15, 0.2) is 4.98 Å². The highest BCUT2D eigenvalue weighted by molar-refractivity contribution is 5.71. The fraction of sp³-hybridized carbons (Fsp3) is 0.111. The first-order chi connectivity index (χ1) is 5.83. The van der Waals surface area contributed by atoms with Gasteiger partial charge >= 0.3 is 5.70 Å². The van der Waals surface area contributed by atoms with Gasteiger partial charge in [0.1, 0.15) is 0 Å². The van der Waals surface area contributed by atoms with Crippen LogP contribution >= 0.6 is 0 Å². The molecule has 0 spiro atoms. The second-order valence-corrected chi connectivity index (χ2v) is 2.73. The van der Waals surface area contributed by atoms with Crippen molar-refractivity contribution in [2.75, 3.05) is 0 Å². The fourth-order valence-corrected chi connectivity index (χ4v) is 1.41. The van der Waals surface area contributed by atoms with Crippen molar-refractivity contribution in [2.24, 2.45) is 0 Å². The zero-order valence-electron chi connectivity index (χ0n) is 6.36. The molecule has 3 heteroatoms. The van der Waals surface area contributed by atoms with E-state index >= 15 is 0 Å². The molecule has 12 heavy (non-hydrogen) atoms. The summed E-state index contributed by atoms with van der Waals surface area (Å²) in [5, 5.41) is 18.0. The van der Waals surface area contributed by atoms with E-state index in [1.807, 2.05) is 24.3 Å². The lowest BCUT2D eigenvalue weighted by molar-refractivity contribution is 0.510. The van der Waals surface area contributed by atoms with E-state index in [1.54, 1.807) is 0 Å². The Morgan fingerprint density at radius 2 is 2.08 bits per heavy atom. The topological polar surface area (TPSA) is 48.4 Å². The highest BCUT2D eigenvalue weighted by Crippen LogP contribution is 2.30. The van der Waals surface area contributed by atoms with Crippen molar-refractivity contribution in [1.82, 2.24) is 0 Å². The Bertz CT molecular complexity index is 401. The van der Waals surface area contributed by atoms with Gasteiger partial charge in [0.2, 0.25) is 11.2 Å². The zero-order valence-corrected chi connectivity index (χ0v) is 6.36. The molecule has 0 heterocycles. The van der Waals surface area contributed by atoms with Gasteiger partial charge in [0, 0.05) is 5.56 Å². The highest BCUT2D eigenvalue weighted by Gasteiger charge is 2.29. The summed E-state index contributed by atoms with van der Waals surface area (Å²) in [5.41, 5.74) is 2.12. The molecule has 0 radical (unpaired) electrons. The van der Waals surface area contributed by atoms with Crippen LogP contribution < -0.4 is 0 Å². The van der Waals surface area contributed by atoms with Gasteiger partial charge in [-0.25, -0.2) is 0 Å². The van der Waals surface area contributed by atoms with E-state index in [2.05, 4.69) is 4.98 Å². The van der Waals surface area contributed by atoms with Crippen molar-refractivity contribution in [2.45, 2.75) is 6.42 Å². The van der Waals surface area contributed by atoms with E-state index < -0.39 is 0 Å². The van der Waals surface area contributed by atoms with E-state index in [1.165, 1.54) is 0 Å². The van der Waals surface area contributed by atoms with Crippen molar-refractivity contribution in [3.05, 3.63) is 46.1 Å². The van der Waals surface area contributed by atoms with Gasteiger partial charge in [-0.15, -0.1) is 0 Å². The van der Waals surface area contributed by atoms with Crippen LogP contribution in [0.4, 0.5) is 0 Å². The summed E-state index contributed by atoms with van der Waals surface area (Å²) >= 11 is 0. The summed E-state index contributed by atoms with van der Waals surface area (Å²) in [6, 6.07) is 7.45. The summed E-state index contributed by atoms with van der Waals surface area (Å²) in [6.45, 7) is 0. The molecule has 0 aromatic heterocycles. The quantitative estimate of drug-likeness (QED) is 0.590. The average molecular weight is 159 g/mol. The van der Waals surface area contributed by atoms with Gasteiger partial charge < -0.3 is 5.11 Å². The third-order valence-electron chi connectivity index (χ3n) is 2.02. The number of benzene rings is 1. The van der Waals surface area contributed by atoms with Crippen LogP contribution in [0, 0.1) is 5.39 Å². The van der Waals surface area contributed by atoms with Crippen LogP contribution in [0.25, 0.3) is 10.7 Å². The van der Waals surface area contributed by atoms with Crippen LogP contribution in [0.15, 0.2) is 30.0 Å². The van der Waals surface area contributed by atoms with Crippen molar-refractivity contribution in [3.63, 3.8) is 0 Å². The largest absolute Gasteiger partial charge is 0.501 e. The zero-order chi connectivity index (χ0) is 8.55. The molecule has 3 nitrogen and oxygen atoms in total. The lowest BCUT2D eigenvalue weighted by atomic mass is 10.1. The minimum absolute atomic E-state index is 0.0908. The van der Waals surface area contributed by atoms with Crippen LogP contribution in [0.1, 0.15) is 11.1 Å². The Morgan fingerprint density at radius 3 is 2.75 bits per heavy atom. The normalized spacial score (nSPS) is 14.2. The van der Waals surface area contributed by atoms with E-state index in [4.69, 9.17) is 5.39 Å². The molecule has 0 aliphatic heterocycles. The molecule has 1 aliphatic carbocycles. The SMILES string of the molecule is N#[N+]C1=C(O)c2ccccc2C1. The predicted octanol–water partition coefficient (Wildman–Crippen LogP) is 2.32. The van der Waals surface area contributed by atoms with Gasteiger partial charge in [-0.2, -0.15) is 0 Å². The van der Waals surface area contributed by atoms with Crippen molar-refractivity contribution >= 4 is 5.76 Å². The Balaban J connectivity index is 2.59. The first-order valence-electron chi connectivity index (χ1n) is 3.68. The second-order valence-electron chi connectivity index (χ2n) is 2.73. The number of fused-ring (bicyclic) bond motifs is 1. The smallest absolute Gasteiger partial charge is 0.407 e. The molecule has 58 valence electrons. The average Bonchev–Trinajstić information content (AvgIpc) is 2.44. The number of hydrogen-bond donors (Lipinski definition) is 1. The van der Waals surface area contributed by atoms with Crippen LogP contribution in [-0.2, 0) is 6.42 Å². The van der Waals surface area contributed by atoms with E-state index in [0.29, 0.717) is 12.1 Å². The maximum atomic E-state index is 9.47. The molecule has 1 aromatic rings. The van der Waals surface area contributed by atoms with Crippen molar-refractivity contribution in [1.29, 1.82) is 5.39 Å². The Hall–Kier alpha value is -1.82. The molecule has 0 atom stereocenters. The van der Waals surface area contributed by atoms with Gasteiger partial charge in [0.05, 0.1) is 6.42 Å². The van der Waals surface area contributed by atoms with Crippen LogP contribution in [0.3, 0.4) is 0 Å². The van der Waals surface area contributed by atoms with Gasteiger partial charge in [-0.3, -0.25) is 0 Å². The Morgan fingerprint density at radius 1 is 1.33 bits per heavy atom. The summed E-state index contributed by atoms with van der Waals surface area (Å²) in [4.78, 5) is 3.01. The summed E-state index contributed by atoms with van der Waals surface area (Å²) in [7, 11) is 0. The molecule has 1 N–H and O–H groups in total. The standard InChI is InChI=1S/C9H6N2O/c10-11-8-5-6-3-1-2-4-7(6)9(8)12/h1-4H,5H2/p+1. The first-order valence-corrected chi connectivity index (χ1v) is 3.68. The lowest BCUT2D eigenvalue weighted by Crippen LogP contribution is -1.81. The molecule has 0 amide bonds. The van der Waals surface area contributed by atoms with Crippen LogP contribution in [0.5, 0.6) is 0 Å². The van der Waals surface area contributed by atoms with Gasteiger partial charge in [-0.05, 0) is 5.56 Å². The molecule has 1 aliphatic rings. The van der Waals surface area contributed by atoms with Gasteiger partial charge in [0.25, 0.3) is 0 Å². The number of rotatable bonds is 0. The predicted molar refractivity (Wildman–Crippen MR) is 44.8 cm³/mol. The molecule has 0 bridgehead atoms. The van der Waals surface area contributed by atoms with E-state index in [9.17, 15) is 5.11 Å². The highest BCUT2D eigenvalue weighted by atomic mass is 16.3. The second kappa shape index (κ2) is 2.35. The van der Waals surface area contributed by atoms with Crippen LogP contribution in [-0.4, -0.2) is 5.11 Å². The Kier molecular flexibility index (Phi) is 1.34. The minimum Gasteiger partial charge on any atom is -0.501 e. The summed E-state index contributed by atoms with van der Waals surface area (Å²) in [6.07, 6.45) is 0.512. The molecule has 1 aromatic carbocycles. The molecule has 0 saturated carbocycles. The molecule has 0 fully saturated rings. The maximum Gasteiger partial charge on any atom is 0.407 e. The molecule has 0 unspecified atom stereocenters. The first kappa shape index (κ1) is 6.86. The summed E-state index contributed by atoms with van der Waals surface area (Å²) < 4.78 is 0. The van der Waals surface area contributed by atoms with E-state index in [0.717, 1.165) is 11.1 Å². The number of nitrogens with zero attached hydrogens (tertiary/aromatic N) is 2. The number of diazo groups is 1. The molecular weight excluding hydrogens is 152 g/mol. The molecule has 2 rings (SSSR count). The molecular formula is C9H7N2O+. The monoisotopic (exact) mass is 159 g/mol. The number of allylic oxidation sites excluding steroid dienone is 1. The Labute approximate surface area is 69.6 Å². The maximum absolute atomic E-state index is 9.47. The minimum atomic E-state index is 0.0908. The molecule has 0 saturated heterocycles. The lowest BCUT2D eigenvalue weighted by Gasteiger charge is -1.94. The van der Waals surface area contributed by atoms with Gasteiger partial charge in [-0.1, -0.05) is 24.3 Å². The van der Waals surface area contributed by atoms with Crippen LogP contribution in [0.2, 0.25) is 0 Å². The van der Waals surface area contributed by atoms with Crippen molar-refractivity contribution < 1.29 is 5.11 Å². The fourth-order valence-electron chi connectivity index (χ4n) is 1.41. The number of hydrogen-bond acceptors (Lipinski definition) is 2. The number of aliphatic hydroxyl groups is 1. The third kappa shape index (κ3) is 0.785. The third-order valence-corrected chi connectivity index (χ3v) is 2.02. The van der Waals surface area contributed by atoms with Crippen molar-refractivity contribution in [3.8, 4) is 0 Å².